The monoisotopic (exact) mass is 295 g/mol. The maximum absolute atomic E-state index is 11.9. The standard InChI is InChI=1S/C14H21N3O4/c1-3-9-17-12(18)7-6-11(16-17)13(19)15-8-4-5-10(2)14(20)21/h6-7,10H,3-5,8-9H2,1-2H3,(H,15,19)(H,20,21). The van der Waals surface area contributed by atoms with E-state index in [2.05, 4.69) is 10.4 Å². The Hall–Kier alpha value is -2.18. The zero-order valence-electron chi connectivity index (χ0n) is 12.3. The molecule has 0 saturated carbocycles. The summed E-state index contributed by atoms with van der Waals surface area (Å²) in [4.78, 5) is 34.0. The Morgan fingerprint density at radius 2 is 2.14 bits per heavy atom. The molecule has 0 spiro atoms. The number of nitrogens with one attached hydrogen (secondary N) is 1. The fraction of sp³-hybridized carbons (Fsp3) is 0.571. The van der Waals surface area contributed by atoms with E-state index in [0.717, 1.165) is 6.42 Å². The topological polar surface area (TPSA) is 101 Å². The second kappa shape index (κ2) is 8.18. The second-order valence-corrected chi connectivity index (χ2v) is 4.92. The van der Waals surface area contributed by atoms with Crippen LogP contribution in [0.25, 0.3) is 0 Å². The summed E-state index contributed by atoms with van der Waals surface area (Å²) >= 11 is 0. The van der Waals surface area contributed by atoms with Crippen molar-refractivity contribution < 1.29 is 14.7 Å². The number of carboxylic acids is 1. The summed E-state index contributed by atoms with van der Waals surface area (Å²) < 4.78 is 1.27. The SMILES string of the molecule is CCCn1nc(C(=O)NCCCC(C)C(=O)O)ccc1=O. The Morgan fingerprint density at radius 1 is 1.43 bits per heavy atom. The van der Waals surface area contributed by atoms with Crippen LogP contribution in [0.4, 0.5) is 0 Å². The molecule has 0 aromatic carbocycles. The van der Waals surface area contributed by atoms with E-state index in [4.69, 9.17) is 5.11 Å². The Kier molecular flexibility index (Phi) is 6.58. The van der Waals surface area contributed by atoms with Crippen LogP contribution in [0.2, 0.25) is 0 Å². The van der Waals surface area contributed by atoms with Gasteiger partial charge in [0.25, 0.3) is 11.5 Å². The predicted octanol–water partition coefficient (Wildman–Crippen LogP) is 0.884. The Bertz CT molecular complexity index is 553. The zero-order chi connectivity index (χ0) is 15.8. The van der Waals surface area contributed by atoms with Gasteiger partial charge in [-0.15, -0.1) is 0 Å². The van der Waals surface area contributed by atoms with E-state index in [0.29, 0.717) is 25.9 Å². The first-order chi connectivity index (χ1) is 9.95. The van der Waals surface area contributed by atoms with Crippen molar-refractivity contribution in [1.29, 1.82) is 0 Å². The quantitative estimate of drug-likeness (QED) is 0.693. The van der Waals surface area contributed by atoms with Gasteiger partial charge in [0.15, 0.2) is 0 Å². The number of aryl methyl sites for hydroxylation is 1. The van der Waals surface area contributed by atoms with Crippen molar-refractivity contribution in [2.75, 3.05) is 6.54 Å². The van der Waals surface area contributed by atoms with Crippen molar-refractivity contribution in [3.05, 3.63) is 28.2 Å². The normalized spacial score (nSPS) is 11.9. The van der Waals surface area contributed by atoms with E-state index in [9.17, 15) is 14.4 Å². The maximum atomic E-state index is 11.9. The van der Waals surface area contributed by atoms with Crippen LogP contribution < -0.4 is 10.9 Å². The highest BCUT2D eigenvalue weighted by molar-refractivity contribution is 5.91. The summed E-state index contributed by atoms with van der Waals surface area (Å²) in [5, 5.41) is 15.4. The van der Waals surface area contributed by atoms with Gasteiger partial charge in [0.05, 0.1) is 5.92 Å². The highest BCUT2D eigenvalue weighted by Crippen LogP contribution is 2.04. The van der Waals surface area contributed by atoms with Crippen LogP contribution in [0, 0.1) is 5.92 Å². The molecule has 0 saturated heterocycles. The molecule has 0 fully saturated rings. The number of carbonyl (C=O) groups excluding carboxylic acids is 1. The smallest absolute Gasteiger partial charge is 0.306 e. The third-order valence-electron chi connectivity index (χ3n) is 3.06. The average molecular weight is 295 g/mol. The minimum absolute atomic E-state index is 0.189. The summed E-state index contributed by atoms with van der Waals surface area (Å²) in [5.41, 5.74) is -0.0435. The van der Waals surface area contributed by atoms with Crippen LogP contribution in [-0.2, 0) is 11.3 Å². The van der Waals surface area contributed by atoms with Crippen LogP contribution in [0.5, 0.6) is 0 Å². The van der Waals surface area contributed by atoms with E-state index in [-0.39, 0.29) is 17.2 Å². The van der Waals surface area contributed by atoms with Crippen LogP contribution >= 0.6 is 0 Å². The van der Waals surface area contributed by atoms with Gasteiger partial charge in [-0.2, -0.15) is 5.10 Å². The Balaban J connectivity index is 2.50. The van der Waals surface area contributed by atoms with E-state index in [1.54, 1.807) is 6.92 Å². The average Bonchev–Trinajstić information content (AvgIpc) is 2.45. The lowest BCUT2D eigenvalue weighted by Gasteiger charge is -2.08. The van der Waals surface area contributed by atoms with Crippen molar-refractivity contribution in [2.24, 2.45) is 5.92 Å². The van der Waals surface area contributed by atoms with Gasteiger partial charge in [-0.3, -0.25) is 14.4 Å². The molecule has 0 aliphatic heterocycles. The fourth-order valence-electron chi connectivity index (χ4n) is 1.77. The summed E-state index contributed by atoms with van der Waals surface area (Å²) in [6, 6.07) is 2.72. The molecule has 1 amide bonds. The Labute approximate surface area is 123 Å². The zero-order valence-corrected chi connectivity index (χ0v) is 12.3. The summed E-state index contributed by atoms with van der Waals surface area (Å²) in [6.45, 7) is 4.40. The number of carbonyl (C=O) groups is 2. The third kappa shape index (κ3) is 5.37. The molecule has 1 heterocycles. The van der Waals surface area contributed by atoms with Crippen molar-refractivity contribution in [3.8, 4) is 0 Å². The van der Waals surface area contributed by atoms with E-state index in [1.165, 1.54) is 16.8 Å². The first kappa shape index (κ1) is 16.9. The van der Waals surface area contributed by atoms with E-state index >= 15 is 0 Å². The van der Waals surface area contributed by atoms with Crippen molar-refractivity contribution in [3.63, 3.8) is 0 Å². The molecule has 1 aromatic rings. The summed E-state index contributed by atoms with van der Waals surface area (Å²) in [7, 11) is 0. The van der Waals surface area contributed by atoms with Gasteiger partial charge in [0.1, 0.15) is 5.69 Å². The predicted molar refractivity (Wildman–Crippen MR) is 77.2 cm³/mol. The number of hydrogen-bond donors (Lipinski definition) is 2. The van der Waals surface area contributed by atoms with Crippen LogP contribution in [0.3, 0.4) is 0 Å². The first-order valence-corrected chi connectivity index (χ1v) is 7.05. The maximum Gasteiger partial charge on any atom is 0.306 e. The van der Waals surface area contributed by atoms with Gasteiger partial charge in [0, 0.05) is 19.2 Å². The van der Waals surface area contributed by atoms with Crippen LogP contribution in [0.15, 0.2) is 16.9 Å². The van der Waals surface area contributed by atoms with Gasteiger partial charge in [-0.05, 0) is 25.3 Å². The molecular formula is C14H21N3O4. The summed E-state index contributed by atoms with van der Waals surface area (Å²) in [6.07, 6.45) is 1.83. The molecular weight excluding hydrogens is 274 g/mol. The third-order valence-corrected chi connectivity index (χ3v) is 3.06. The molecule has 1 aromatic heterocycles. The van der Waals surface area contributed by atoms with Crippen molar-refractivity contribution in [1.82, 2.24) is 15.1 Å². The van der Waals surface area contributed by atoms with E-state index in [1.807, 2.05) is 6.92 Å². The molecule has 0 aliphatic carbocycles. The van der Waals surface area contributed by atoms with Crippen LogP contribution in [-0.4, -0.2) is 33.3 Å². The molecule has 7 nitrogen and oxygen atoms in total. The highest BCUT2D eigenvalue weighted by atomic mass is 16.4. The van der Waals surface area contributed by atoms with Crippen LogP contribution in [0.1, 0.15) is 43.6 Å². The molecule has 116 valence electrons. The van der Waals surface area contributed by atoms with E-state index < -0.39 is 11.9 Å². The van der Waals surface area contributed by atoms with Gasteiger partial charge >= 0.3 is 5.97 Å². The van der Waals surface area contributed by atoms with Gasteiger partial charge in [-0.1, -0.05) is 13.8 Å². The number of rotatable bonds is 8. The van der Waals surface area contributed by atoms with Crippen molar-refractivity contribution >= 4 is 11.9 Å². The number of aliphatic carboxylic acids is 1. The number of nitrogens with zero attached hydrogens (tertiary/aromatic N) is 2. The lowest BCUT2D eigenvalue weighted by molar-refractivity contribution is -0.141. The molecule has 0 radical (unpaired) electrons. The molecule has 21 heavy (non-hydrogen) atoms. The fourth-order valence-corrected chi connectivity index (χ4v) is 1.77. The lowest BCUT2D eigenvalue weighted by atomic mass is 10.1. The molecule has 1 rings (SSSR count). The first-order valence-electron chi connectivity index (χ1n) is 7.05. The second-order valence-electron chi connectivity index (χ2n) is 4.92. The number of amides is 1. The number of aromatic nitrogens is 2. The van der Waals surface area contributed by atoms with Crippen molar-refractivity contribution in [2.45, 2.75) is 39.7 Å². The number of hydrogen-bond acceptors (Lipinski definition) is 4. The number of carboxylic acid groups (broad SMARTS) is 1. The lowest BCUT2D eigenvalue weighted by Crippen LogP contribution is -2.30. The van der Waals surface area contributed by atoms with Gasteiger partial charge in [-0.25, -0.2) is 4.68 Å². The van der Waals surface area contributed by atoms with Gasteiger partial charge < -0.3 is 10.4 Å². The summed E-state index contributed by atoms with van der Waals surface area (Å²) in [5.74, 6) is -1.62. The minimum atomic E-state index is -0.838. The molecule has 1 atom stereocenters. The largest absolute Gasteiger partial charge is 0.481 e. The molecule has 0 bridgehead atoms. The minimum Gasteiger partial charge on any atom is -0.481 e. The molecule has 7 heteroatoms. The molecule has 1 unspecified atom stereocenters. The molecule has 2 N–H and O–H groups in total. The highest BCUT2D eigenvalue weighted by Gasteiger charge is 2.12. The Morgan fingerprint density at radius 3 is 2.76 bits per heavy atom. The molecule has 0 aliphatic rings. The van der Waals surface area contributed by atoms with Gasteiger partial charge in [0.2, 0.25) is 0 Å².